The third-order valence-corrected chi connectivity index (χ3v) is 10.7. The lowest BCUT2D eigenvalue weighted by molar-refractivity contribution is -0.123. The third-order valence-electron chi connectivity index (χ3n) is 10.7. The van der Waals surface area contributed by atoms with Crippen LogP contribution in [0.15, 0.2) is 24.3 Å². The molecule has 0 saturated carbocycles. The van der Waals surface area contributed by atoms with Crippen LogP contribution >= 0.6 is 0 Å². The molecule has 0 aromatic carbocycles. The van der Waals surface area contributed by atoms with E-state index in [0.29, 0.717) is 6.42 Å². The topological polar surface area (TPSA) is 69.6 Å². The van der Waals surface area contributed by atoms with Crippen molar-refractivity contribution < 1.29 is 15.0 Å². The van der Waals surface area contributed by atoms with E-state index in [2.05, 4.69) is 31.3 Å². The number of allylic oxidation sites excluding steroid dienone is 3. The molecule has 4 nitrogen and oxygen atoms in total. The number of aliphatic hydroxyl groups is 2. The molecule has 302 valence electrons. The van der Waals surface area contributed by atoms with E-state index in [0.717, 1.165) is 32.1 Å². The molecule has 1 amide bonds. The minimum absolute atomic E-state index is 0.0695. The van der Waals surface area contributed by atoms with Crippen molar-refractivity contribution >= 4 is 5.91 Å². The molecular formula is C47H91NO3. The normalized spacial score (nSPS) is 13.1. The lowest BCUT2D eigenvalue weighted by Gasteiger charge is -2.19. The summed E-state index contributed by atoms with van der Waals surface area (Å²) in [5.41, 5.74) is 0. The molecule has 0 radical (unpaired) electrons. The Morgan fingerprint density at radius 2 is 0.765 bits per heavy atom. The summed E-state index contributed by atoms with van der Waals surface area (Å²) in [6, 6.07) is -0.634. The molecule has 51 heavy (non-hydrogen) atoms. The van der Waals surface area contributed by atoms with Crippen molar-refractivity contribution in [3.8, 4) is 0 Å². The molecule has 0 heterocycles. The van der Waals surface area contributed by atoms with Crippen molar-refractivity contribution in [3.05, 3.63) is 24.3 Å². The van der Waals surface area contributed by atoms with E-state index in [9.17, 15) is 15.0 Å². The van der Waals surface area contributed by atoms with Crippen LogP contribution in [0.25, 0.3) is 0 Å². The van der Waals surface area contributed by atoms with E-state index in [1.54, 1.807) is 6.08 Å². The fraction of sp³-hybridized carbons (Fsp3) is 0.894. The largest absolute Gasteiger partial charge is 0.394 e. The van der Waals surface area contributed by atoms with Gasteiger partial charge in [-0.3, -0.25) is 4.79 Å². The zero-order chi connectivity index (χ0) is 37.1. The van der Waals surface area contributed by atoms with Gasteiger partial charge in [-0.05, 0) is 32.1 Å². The van der Waals surface area contributed by atoms with Gasteiger partial charge >= 0.3 is 0 Å². The van der Waals surface area contributed by atoms with Gasteiger partial charge in [0.15, 0.2) is 0 Å². The number of carbonyl (C=O) groups is 1. The predicted molar refractivity (Wildman–Crippen MR) is 225 cm³/mol. The second kappa shape index (κ2) is 43.3. The Labute approximate surface area is 319 Å². The summed E-state index contributed by atoms with van der Waals surface area (Å²) in [5.74, 6) is -0.0695. The quantitative estimate of drug-likeness (QED) is 0.0435. The smallest absolute Gasteiger partial charge is 0.220 e. The molecule has 0 aliphatic heterocycles. The summed E-state index contributed by atoms with van der Waals surface area (Å²) < 4.78 is 0. The summed E-state index contributed by atoms with van der Waals surface area (Å²) in [5, 5.41) is 23.0. The van der Waals surface area contributed by atoms with Crippen LogP contribution < -0.4 is 5.32 Å². The first-order valence-electron chi connectivity index (χ1n) is 23.1. The van der Waals surface area contributed by atoms with Gasteiger partial charge in [0, 0.05) is 6.42 Å². The summed E-state index contributed by atoms with van der Waals surface area (Å²) in [6.45, 7) is 4.32. The van der Waals surface area contributed by atoms with Crippen molar-refractivity contribution in [3.63, 3.8) is 0 Å². The van der Waals surface area contributed by atoms with Crippen molar-refractivity contribution in [2.24, 2.45) is 0 Å². The minimum atomic E-state index is -0.858. The number of carbonyl (C=O) groups excluding carboxylic acids is 1. The molecule has 0 aliphatic carbocycles. The van der Waals surface area contributed by atoms with E-state index in [1.165, 1.54) is 199 Å². The number of nitrogens with one attached hydrogen (secondary N) is 1. The van der Waals surface area contributed by atoms with Gasteiger partial charge in [-0.2, -0.15) is 0 Å². The lowest BCUT2D eigenvalue weighted by Crippen LogP contribution is -2.45. The second-order valence-corrected chi connectivity index (χ2v) is 15.8. The van der Waals surface area contributed by atoms with Gasteiger partial charge in [0.2, 0.25) is 5.91 Å². The molecule has 4 heteroatoms. The Morgan fingerprint density at radius 1 is 0.451 bits per heavy atom. The number of unbranched alkanes of at least 4 members (excludes halogenated alkanes) is 33. The Morgan fingerprint density at radius 3 is 1.14 bits per heavy atom. The van der Waals surface area contributed by atoms with Crippen molar-refractivity contribution in [2.75, 3.05) is 6.61 Å². The maximum atomic E-state index is 12.4. The number of hydrogen-bond donors (Lipinski definition) is 3. The van der Waals surface area contributed by atoms with Crippen molar-refractivity contribution in [2.45, 2.75) is 264 Å². The standard InChI is InChI=1S/C47H91NO3/c1-3-5-7-9-11-13-15-17-19-21-23-25-26-28-30-32-34-36-38-40-42-46(50)45(44-49)48-47(51)43-41-39-37-35-33-31-29-27-24-22-20-18-16-14-12-10-8-6-4-2/h32,34,40,42,45-46,49-50H,3-31,33,35-39,41,43-44H2,1-2H3,(H,48,51)/b34-32+,42-40+. The first kappa shape index (κ1) is 49.9. The minimum Gasteiger partial charge on any atom is -0.394 e. The molecular weight excluding hydrogens is 627 g/mol. The van der Waals surface area contributed by atoms with Crippen LogP contribution in [0.5, 0.6) is 0 Å². The molecule has 0 bridgehead atoms. The van der Waals surface area contributed by atoms with Gasteiger partial charge < -0.3 is 15.5 Å². The maximum absolute atomic E-state index is 12.4. The Kier molecular flexibility index (Phi) is 42.3. The molecule has 3 N–H and O–H groups in total. The monoisotopic (exact) mass is 718 g/mol. The molecule has 0 rings (SSSR count). The van der Waals surface area contributed by atoms with E-state index in [1.807, 2.05) is 6.08 Å². The number of rotatable bonds is 42. The van der Waals surface area contributed by atoms with Gasteiger partial charge in [-0.1, -0.05) is 237 Å². The van der Waals surface area contributed by atoms with Crippen LogP contribution in [0.2, 0.25) is 0 Å². The molecule has 0 saturated heterocycles. The van der Waals surface area contributed by atoms with Crippen molar-refractivity contribution in [1.29, 1.82) is 0 Å². The average Bonchev–Trinajstić information content (AvgIpc) is 3.13. The van der Waals surface area contributed by atoms with Crippen molar-refractivity contribution in [1.82, 2.24) is 5.32 Å². The maximum Gasteiger partial charge on any atom is 0.220 e. The number of aliphatic hydroxyl groups excluding tert-OH is 2. The van der Waals surface area contributed by atoms with Crippen LogP contribution in [0.4, 0.5) is 0 Å². The molecule has 2 atom stereocenters. The zero-order valence-corrected chi connectivity index (χ0v) is 34.6. The first-order valence-corrected chi connectivity index (χ1v) is 23.1. The summed E-state index contributed by atoms with van der Waals surface area (Å²) in [6.07, 6.45) is 55.8. The SMILES string of the molecule is CCCCCCCCCCCCCCCC/C=C/CC/C=C/C(O)C(CO)NC(=O)CCCCCCCCCCCCCCCCCCCCC. The highest BCUT2D eigenvalue weighted by atomic mass is 16.3. The highest BCUT2D eigenvalue weighted by molar-refractivity contribution is 5.76. The summed E-state index contributed by atoms with van der Waals surface area (Å²) in [7, 11) is 0. The van der Waals surface area contributed by atoms with E-state index >= 15 is 0 Å². The Bertz CT molecular complexity index is 735. The second-order valence-electron chi connectivity index (χ2n) is 15.8. The molecule has 0 spiro atoms. The molecule has 0 aromatic heterocycles. The van der Waals surface area contributed by atoms with Gasteiger partial charge in [-0.25, -0.2) is 0 Å². The highest BCUT2D eigenvalue weighted by Crippen LogP contribution is 2.16. The van der Waals surface area contributed by atoms with Gasteiger partial charge in [0.05, 0.1) is 18.8 Å². The van der Waals surface area contributed by atoms with E-state index in [-0.39, 0.29) is 12.5 Å². The number of amides is 1. The predicted octanol–water partition coefficient (Wildman–Crippen LogP) is 14.4. The van der Waals surface area contributed by atoms with Crippen LogP contribution in [0.1, 0.15) is 251 Å². The average molecular weight is 718 g/mol. The van der Waals surface area contributed by atoms with E-state index < -0.39 is 12.1 Å². The summed E-state index contributed by atoms with van der Waals surface area (Å²) in [4.78, 5) is 12.4. The molecule has 2 unspecified atom stereocenters. The zero-order valence-electron chi connectivity index (χ0n) is 34.6. The lowest BCUT2D eigenvalue weighted by atomic mass is 10.0. The fourth-order valence-corrected chi connectivity index (χ4v) is 7.14. The molecule has 0 aromatic rings. The summed E-state index contributed by atoms with van der Waals surface area (Å²) >= 11 is 0. The first-order chi connectivity index (χ1) is 25.2. The third kappa shape index (κ3) is 39.9. The number of hydrogen-bond acceptors (Lipinski definition) is 3. The fourth-order valence-electron chi connectivity index (χ4n) is 7.14. The van der Waals surface area contributed by atoms with Gasteiger partial charge in [0.1, 0.15) is 0 Å². The van der Waals surface area contributed by atoms with Gasteiger partial charge in [0.25, 0.3) is 0 Å². The highest BCUT2D eigenvalue weighted by Gasteiger charge is 2.17. The van der Waals surface area contributed by atoms with Crippen LogP contribution in [0.3, 0.4) is 0 Å². The molecule has 0 aliphatic rings. The van der Waals surface area contributed by atoms with Gasteiger partial charge in [-0.15, -0.1) is 0 Å². The van der Waals surface area contributed by atoms with Crippen LogP contribution in [0, 0.1) is 0 Å². The van der Waals surface area contributed by atoms with Crippen LogP contribution in [-0.2, 0) is 4.79 Å². The van der Waals surface area contributed by atoms with Crippen LogP contribution in [-0.4, -0.2) is 34.9 Å². The Hall–Kier alpha value is -1.13. The van der Waals surface area contributed by atoms with E-state index in [4.69, 9.17) is 0 Å². The molecule has 0 fully saturated rings. The Balaban J connectivity index is 3.56.